The molecular weight excluding hydrogens is 150 g/mol. The van der Waals surface area contributed by atoms with E-state index in [4.69, 9.17) is 11.6 Å². The highest BCUT2D eigenvalue weighted by molar-refractivity contribution is 6.22. The summed E-state index contributed by atoms with van der Waals surface area (Å²) in [4.78, 5) is 11.0. The fraction of sp³-hybridized carbons (Fsp3) is 0.857. The average molecular weight is 162 g/mol. The standard InChI is InChI=1S/C7H12ClNO/c1-9-7(10)5-3-2-4-6(5)8/h5-6H,2-4H2,1H3,(H,9,10). The van der Waals surface area contributed by atoms with Crippen LogP contribution < -0.4 is 5.32 Å². The van der Waals surface area contributed by atoms with Crippen molar-refractivity contribution in [3.8, 4) is 0 Å². The van der Waals surface area contributed by atoms with E-state index in [0.29, 0.717) is 0 Å². The molecule has 58 valence electrons. The lowest BCUT2D eigenvalue weighted by Crippen LogP contribution is -2.29. The number of carbonyl (C=O) groups is 1. The van der Waals surface area contributed by atoms with Crippen LogP contribution in [0.1, 0.15) is 19.3 Å². The van der Waals surface area contributed by atoms with Gasteiger partial charge in [0, 0.05) is 12.4 Å². The van der Waals surface area contributed by atoms with Crippen LogP contribution in [0.4, 0.5) is 0 Å². The highest BCUT2D eigenvalue weighted by atomic mass is 35.5. The van der Waals surface area contributed by atoms with Gasteiger partial charge in [0.2, 0.25) is 5.91 Å². The zero-order chi connectivity index (χ0) is 7.56. The van der Waals surface area contributed by atoms with Crippen molar-refractivity contribution < 1.29 is 4.79 Å². The summed E-state index contributed by atoms with van der Waals surface area (Å²) in [6, 6.07) is 0. The molecule has 0 aromatic rings. The van der Waals surface area contributed by atoms with Gasteiger partial charge < -0.3 is 5.32 Å². The third-order valence-corrected chi connectivity index (χ3v) is 2.54. The molecule has 2 atom stereocenters. The number of rotatable bonds is 1. The van der Waals surface area contributed by atoms with Crippen molar-refractivity contribution in [1.29, 1.82) is 0 Å². The molecule has 2 unspecified atom stereocenters. The normalized spacial score (nSPS) is 32.2. The molecule has 0 bridgehead atoms. The van der Waals surface area contributed by atoms with Crippen LogP contribution in [0.2, 0.25) is 0 Å². The maximum atomic E-state index is 11.0. The summed E-state index contributed by atoms with van der Waals surface area (Å²) in [6.45, 7) is 0. The molecule has 0 spiro atoms. The van der Waals surface area contributed by atoms with Gasteiger partial charge in [0.15, 0.2) is 0 Å². The number of nitrogens with one attached hydrogen (secondary N) is 1. The smallest absolute Gasteiger partial charge is 0.224 e. The largest absolute Gasteiger partial charge is 0.359 e. The number of hydrogen-bond donors (Lipinski definition) is 1. The average Bonchev–Trinajstić information content (AvgIpc) is 2.34. The van der Waals surface area contributed by atoms with E-state index in [-0.39, 0.29) is 17.2 Å². The number of carbonyl (C=O) groups excluding carboxylic acids is 1. The Morgan fingerprint density at radius 3 is 2.70 bits per heavy atom. The SMILES string of the molecule is CNC(=O)C1CCCC1Cl. The molecule has 1 aliphatic rings. The second kappa shape index (κ2) is 3.24. The van der Waals surface area contributed by atoms with Crippen molar-refractivity contribution in [3.63, 3.8) is 0 Å². The first-order valence-corrected chi connectivity index (χ1v) is 4.05. The van der Waals surface area contributed by atoms with Crippen LogP contribution in [0.3, 0.4) is 0 Å². The van der Waals surface area contributed by atoms with Crippen molar-refractivity contribution in [2.45, 2.75) is 24.6 Å². The molecule has 1 rings (SSSR count). The molecule has 1 fully saturated rings. The molecule has 10 heavy (non-hydrogen) atoms. The maximum absolute atomic E-state index is 11.0. The molecule has 0 aliphatic heterocycles. The van der Waals surface area contributed by atoms with Crippen molar-refractivity contribution in [2.75, 3.05) is 7.05 Å². The Morgan fingerprint density at radius 2 is 2.30 bits per heavy atom. The van der Waals surface area contributed by atoms with E-state index in [2.05, 4.69) is 5.32 Å². The van der Waals surface area contributed by atoms with E-state index in [0.717, 1.165) is 19.3 Å². The molecule has 1 N–H and O–H groups in total. The molecule has 0 radical (unpaired) electrons. The topological polar surface area (TPSA) is 29.1 Å². The molecular formula is C7H12ClNO. The van der Waals surface area contributed by atoms with E-state index < -0.39 is 0 Å². The fourth-order valence-corrected chi connectivity index (χ4v) is 1.79. The molecule has 0 saturated heterocycles. The first-order valence-electron chi connectivity index (χ1n) is 3.61. The van der Waals surface area contributed by atoms with Crippen LogP contribution in [-0.4, -0.2) is 18.3 Å². The quantitative estimate of drug-likeness (QED) is 0.575. The Kier molecular flexibility index (Phi) is 2.55. The zero-order valence-electron chi connectivity index (χ0n) is 6.06. The molecule has 0 aromatic carbocycles. The predicted octanol–water partition coefficient (Wildman–Crippen LogP) is 1.14. The number of amides is 1. The monoisotopic (exact) mass is 161 g/mol. The van der Waals surface area contributed by atoms with Gasteiger partial charge in [-0.1, -0.05) is 6.42 Å². The molecule has 2 nitrogen and oxygen atoms in total. The van der Waals surface area contributed by atoms with Gasteiger partial charge in [-0.2, -0.15) is 0 Å². The molecule has 1 amide bonds. The Labute approximate surface area is 65.9 Å². The van der Waals surface area contributed by atoms with Gasteiger partial charge in [-0.15, -0.1) is 11.6 Å². The van der Waals surface area contributed by atoms with Crippen LogP contribution >= 0.6 is 11.6 Å². The van der Waals surface area contributed by atoms with Gasteiger partial charge in [0.1, 0.15) is 0 Å². The van der Waals surface area contributed by atoms with Crippen LogP contribution in [0.5, 0.6) is 0 Å². The predicted molar refractivity (Wildman–Crippen MR) is 41.0 cm³/mol. The Balaban J connectivity index is 2.46. The van der Waals surface area contributed by atoms with Gasteiger partial charge in [-0.3, -0.25) is 4.79 Å². The fourth-order valence-electron chi connectivity index (χ4n) is 1.40. The highest BCUT2D eigenvalue weighted by Crippen LogP contribution is 2.29. The van der Waals surface area contributed by atoms with Crippen LogP contribution in [-0.2, 0) is 4.79 Å². The highest BCUT2D eigenvalue weighted by Gasteiger charge is 2.30. The number of halogens is 1. The van der Waals surface area contributed by atoms with Crippen molar-refractivity contribution >= 4 is 17.5 Å². The van der Waals surface area contributed by atoms with Crippen molar-refractivity contribution in [3.05, 3.63) is 0 Å². The lowest BCUT2D eigenvalue weighted by molar-refractivity contribution is -0.124. The number of hydrogen-bond acceptors (Lipinski definition) is 1. The second-order valence-corrected chi connectivity index (χ2v) is 3.23. The Bertz CT molecular complexity index is 138. The minimum Gasteiger partial charge on any atom is -0.359 e. The van der Waals surface area contributed by atoms with Crippen molar-refractivity contribution in [1.82, 2.24) is 5.32 Å². The number of alkyl halides is 1. The van der Waals surface area contributed by atoms with E-state index in [1.807, 2.05) is 0 Å². The van der Waals surface area contributed by atoms with Crippen molar-refractivity contribution in [2.24, 2.45) is 5.92 Å². The van der Waals surface area contributed by atoms with Crippen LogP contribution in [0.15, 0.2) is 0 Å². The maximum Gasteiger partial charge on any atom is 0.224 e. The second-order valence-electron chi connectivity index (χ2n) is 2.67. The first kappa shape index (κ1) is 7.86. The van der Waals surface area contributed by atoms with Gasteiger partial charge in [-0.25, -0.2) is 0 Å². The summed E-state index contributed by atoms with van der Waals surface area (Å²) >= 11 is 5.89. The first-order chi connectivity index (χ1) is 4.75. The lowest BCUT2D eigenvalue weighted by Gasteiger charge is -2.10. The summed E-state index contributed by atoms with van der Waals surface area (Å²) in [5.74, 6) is 0.157. The summed E-state index contributed by atoms with van der Waals surface area (Å²) in [7, 11) is 1.66. The lowest BCUT2D eigenvalue weighted by atomic mass is 10.1. The van der Waals surface area contributed by atoms with Crippen LogP contribution in [0, 0.1) is 5.92 Å². The van der Waals surface area contributed by atoms with Crippen LogP contribution in [0.25, 0.3) is 0 Å². The third kappa shape index (κ3) is 1.43. The van der Waals surface area contributed by atoms with E-state index in [9.17, 15) is 4.79 Å². The minimum atomic E-state index is 0.0617. The van der Waals surface area contributed by atoms with E-state index >= 15 is 0 Å². The molecule has 1 saturated carbocycles. The minimum absolute atomic E-state index is 0.0617. The molecule has 0 heterocycles. The third-order valence-electron chi connectivity index (χ3n) is 2.01. The summed E-state index contributed by atoms with van der Waals surface area (Å²) in [6.07, 6.45) is 3.03. The molecule has 3 heteroatoms. The van der Waals surface area contributed by atoms with E-state index in [1.165, 1.54) is 0 Å². The molecule has 0 aromatic heterocycles. The Morgan fingerprint density at radius 1 is 1.60 bits per heavy atom. The van der Waals surface area contributed by atoms with Gasteiger partial charge in [-0.05, 0) is 12.8 Å². The summed E-state index contributed by atoms with van der Waals surface area (Å²) in [5.41, 5.74) is 0. The zero-order valence-corrected chi connectivity index (χ0v) is 6.82. The van der Waals surface area contributed by atoms with E-state index in [1.54, 1.807) is 7.05 Å². The Hall–Kier alpha value is -0.240. The molecule has 1 aliphatic carbocycles. The summed E-state index contributed by atoms with van der Waals surface area (Å²) in [5, 5.41) is 2.68. The summed E-state index contributed by atoms with van der Waals surface area (Å²) < 4.78 is 0. The van der Waals surface area contributed by atoms with Gasteiger partial charge in [0.05, 0.1) is 5.92 Å². The van der Waals surface area contributed by atoms with Gasteiger partial charge in [0.25, 0.3) is 0 Å². The van der Waals surface area contributed by atoms with Gasteiger partial charge >= 0.3 is 0 Å².